The summed E-state index contributed by atoms with van der Waals surface area (Å²) in [5.74, 6) is 0.882. The van der Waals surface area contributed by atoms with Crippen LogP contribution >= 0.6 is 0 Å². The molecule has 1 aromatic rings. The summed E-state index contributed by atoms with van der Waals surface area (Å²) < 4.78 is 0. The Hall–Kier alpha value is -1.71. The van der Waals surface area contributed by atoms with Crippen molar-refractivity contribution in [1.82, 2.24) is 19.8 Å². The maximum Gasteiger partial charge on any atom is 0.158 e. The van der Waals surface area contributed by atoms with Gasteiger partial charge in [0, 0.05) is 45.3 Å². The van der Waals surface area contributed by atoms with Gasteiger partial charge >= 0.3 is 0 Å². The average Bonchev–Trinajstić information content (AvgIpc) is 2.47. The number of likely N-dealkylation sites (N-methyl/N-ethyl adjacent to an activating group) is 1. The van der Waals surface area contributed by atoms with Crippen LogP contribution in [0.3, 0.4) is 0 Å². The summed E-state index contributed by atoms with van der Waals surface area (Å²) in [4.78, 5) is 15.7. The molecule has 0 spiro atoms. The van der Waals surface area contributed by atoms with E-state index in [1.165, 1.54) is 26.2 Å². The minimum Gasteiger partial charge on any atom is -0.352 e. The lowest BCUT2D eigenvalue weighted by atomic mass is 10.1. The number of nitriles is 1. The van der Waals surface area contributed by atoms with Gasteiger partial charge in [0.05, 0.1) is 12.4 Å². The molecule has 0 aromatic carbocycles. The highest BCUT2D eigenvalue weighted by Crippen LogP contribution is 2.22. The molecule has 2 fully saturated rings. The third-order valence-corrected chi connectivity index (χ3v) is 4.31. The van der Waals surface area contributed by atoms with E-state index in [0.717, 1.165) is 25.5 Å². The zero-order valence-electron chi connectivity index (χ0n) is 11.9. The fourth-order valence-corrected chi connectivity index (χ4v) is 2.86. The highest BCUT2D eigenvalue weighted by atomic mass is 15.4. The zero-order valence-corrected chi connectivity index (χ0v) is 11.9. The molecule has 0 amide bonds. The number of rotatable bonds is 3. The molecule has 6 heteroatoms. The predicted octanol–water partition coefficient (Wildman–Crippen LogP) is 0.174. The molecule has 0 saturated carbocycles. The van der Waals surface area contributed by atoms with E-state index in [1.54, 1.807) is 12.4 Å². The van der Waals surface area contributed by atoms with Crippen LogP contribution in [0.4, 0.5) is 5.82 Å². The molecule has 2 aliphatic heterocycles. The molecule has 0 N–H and O–H groups in total. The van der Waals surface area contributed by atoms with Gasteiger partial charge in [0.1, 0.15) is 11.9 Å². The van der Waals surface area contributed by atoms with Crippen molar-refractivity contribution >= 4 is 5.82 Å². The maximum absolute atomic E-state index is 8.72. The lowest BCUT2D eigenvalue weighted by Gasteiger charge is -2.48. The van der Waals surface area contributed by atoms with Crippen LogP contribution in [0.1, 0.15) is 12.6 Å². The SMILES string of the molecule is CCN1CCN(C2CN(c3cnc(C#N)cn3)C2)CC1. The molecular weight excluding hydrogens is 252 g/mol. The second kappa shape index (κ2) is 5.73. The van der Waals surface area contributed by atoms with Crippen molar-refractivity contribution in [2.75, 3.05) is 50.7 Å². The Morgan fingerprint density at radius 2 is 1.95 bits per heavy atom. The molecule has 0 unspecified atom stereocenters. The van der Waals surface area contributed by atoms with Gasteiger partial charge in [-0.2, -0.15) is 5.26 Å². The van der Waals surface area contributed by atoms with E-state index in [-0.39, 0.29) is 0 Å². The number of aromatic nitrogens is 2. The first-order valence-corrected chi connectivity index (χ1v) is 7.23. The van der Waals surface area contributed by atoms with Gasteiger partial charge in [-0.05, 0) is 6.54 Å². The van der Waals surface area contributed by atoms with Crippen LogP contribution in [0.15, 0.2) is 12.4 Å². The highest BCUT2D eigenvalue weighted by molar-refractivity contribution is 5.41. The number of hydrogen-bond donors (Lipinski definition) is 0. The molecule has 2 aliphatic rings. The Morgan fingerprint density at radius 1 is 1.20 bits per heavy atom. The molecule has 0 aliphatic carbocycles. The van der Waals surface area contributed by atoms with E-state index in [0.29, 0.717) is 11.7 Å². The van der Waals surface area contributed by atoms with Crippen molar-refractivity contribution < 1.29 is 0 Å². The third kappa shape index (κ3) is 2.60. The van der Waals surface area contributed by atoms with Gasteiger partial charge < -0.3 is 9.80 Å². The molecule has 0 atom stereocenters. The van der Waals surface area contributed by atoms with Gasteiger partial charge in [-0.3, -0.25) is 4.90 Å². The summed E-state index contributed by atoms with van der Waals surface area (Å²) in [6.07, 6.45) is 3.24. The molecule has 6 nitrogen and oxygen atoms in total. The normalized spacial score (nSPS) is 21.5. The minimum atomic E-state index is 0.376. The lowest BCUT2D eigenvalue weighted by molar-refractivity contribution is 0.0859. The topological polar surface area (TPSA) is 59.3 Å². The first kappa shape index (κ1) is 13.3. The number of hydrogen-bond acceptors (Lipinski definition) is 6. The van der Waals surface area contributed by atoms with Crippen molar-refractivity contribution in [2.24, 2.45) is 0 Å². The van der Waals surface area contributed by atoms with Crippen LogP contribution < -0.4 is 4.90 Å². The van der Waals surface area contributed by atoms with Gasteiger partial charge in [0.2, 0.25) is 0 Å². The van der Waals surface area contributed by atoms with Crippen LogP contribution in [0, 0.1) is 11.3 Å². The van der Waals surface area contributed by atoms with Crippen LogP contribution in [0.25, 0.3) is 0 Å². The Bertz CT molecular complexity index is 479. The third-order valence-electron chi connectivity index (χ3n) is 4.31. The van der Waals surface area contributed by atoms with Crippen LogP contribution in [0.2, 0.25) is 0 Å². The Balaban J connectivity index is 1.50. The van der Waals surface area contributed by atoms with Gasteiger partial charge in [-0.1, -0.05) is 6.92 Å². The molecule has 0 radical (unpaired) electrons. The van der Waals surface area contributed by atoms with Gasteiger partial charge in [-0.15, -0.1) is 0 Å². The van der Waals surface area contributed by atoms with E-state index in [2.05, 4.69) is 31.6 Å². The molecule has 3 heterocycles. The van der Waals surface area contributed by atoms with Gasteiger partial charge in [0.25, 0.3) is 0 Å². The van der Waals surface area contributed by atoms with Crippen LogP contribution in [-0.4, -0.2) is 71.6 Å². The predicted molar refractivity (Wildman–Crippen MR) is 76.4 cm³/mol. The summed E-state index contributed by atoms with van der Waals surface area (Å²) in [6.45, 7) is 10.1. The Labute approximate surface area is 119 Å². The van der Waals surface area contributed by atoms with E-state index in [4.69, 9.17) is 5.26 Å². The highest BCUT2D eigenvalue weighted by Gasteiger charge is 2.34. The first-order chi connectivity index (χ1) is 9.80. The van der Waals surface area contributed by atoms with E-state index < -0.39 is 0 Å². The van der Waals surface area contributed by atoms with Crippen molar-refractivity contribution in [2.45, 2.75) is 13.0 Å². The summed E-state index contributed by atoms with van der Waals surface area (Å²) in [5.41, 5.74) is 0.376. The lowest BCUT2D eigenvalue weighted by Crippen LogP contribution is -2.63. The summed E-state index contributed by atoms with van der Waals surface area (Å²) in [7, 11) is 0. The standard InChI is InChI=1S/C14H20N6/c1-2-18-3-5-19(6-4-18)13-10-20(11-13)14-9-16-12(7-15)8-17-14/h8-9,13H,2-6,10-11H2,1H3. The zero-order chi connectivity index (χ0) is 13.9. The molecule has 0 bridgehead atoms. The smallest absolute Gasteiger partial charge is 0.158 e. The van der Waals surface area contributed by atoms with Gasteiger partial charge in [0.15, 0.2) is 5.69 Å². The van der Waals surface area contributed by atoms with Gasteiger partial charge in [-0.25, -0.2) is 9.97 Å². The second-order valence-corrected chi connectivity index (χ2v) is 5.40. The molecule has 2 saturated heterocycles. The number of piperazine rings is 1. The van der Waals surface area contributed by atoms with Crippen molar-refractivity contribution in [3.05, 3.63) is 18.1 Å². The first-order valence-electron chi connectivity index (χ1n) is 7.23. The molecule has 1 aromatic heterocycles. The fraction of sp³-hybridized carbons (Fsp3) is 0.643. The number of anilines is 1. The average molecular weight is 272 g/mol. The quantitative estimate of drug-likeness (QED) is 0.782. The van der Waals surface area contributed by atoms with Crippen LogP contribution in [0.5, 0.6) is 0 Å². The van der Waals surface area contributed by atoms with E-state index in [1.807, 2.05) is 6.07 Å². The van der Waals surface area contributed by atoms with Crippen molar-refractivity contribution in [3.8, 4) is 6.07 Å². The monoisotopic (exact) mass is 272 g/mol. The van der Waals surface area contributed by atoms with Crippen molar-refractivity contribution in [3.63, 3.8) is 0 Å². The second-order valence-electron chi connectivity index (χ2n) is 5.40. The van der Waals surface area contributed by atoms with E-state index >= 15 is 0 Å². The minimum absolute atomic E-state index is 0.376. The molecule has 106 valence electrons. The molecular formula is C14H20N6. The largest absolute Gasteiger partial charge is 0.352 e. The maximum atomic E-state index is 8.72. The molecule has 3 rings (SSSR count). The van der Waals surface area contributed by atoms with E-state index in [9.17, 15) is 0 Å². The summed E-state index contributed by atoms with van der Waals surface area (Å²) >= 11 is 0. The van der Waals surface area contributed by atoms with Crippen LogP contribution in [-0.2, 0) is 0 Å². The number of nitrogens with zero attached hydrogens (tertiary/aromatic N) is 6. The summed E-state index contributed by atoms with van der Waals surface area (Å²) in [5, 5.41) is 8.72. The Morgan fingerprint density at radius 3 is 2.50 bits per heavy atom. The van der Waals surface area contributed by atoms with Crippen molar-refractivity contribution in [1.29, 1.82) is 5.26 Å². The molecule has 20 heavy (non-hydrogen) atoms. The summed E-state index contributed by atoms with van der Waals surface area (Å²) in [6, 6.07) is 2.64. The Kier molecular flexibility index (Phi) is 3.81. The fourth-order valence-electron chi connectivity index (χ4n) is 2.86.